The van der Waals surface area contributed by atoms with E-state index >= 15 is 0 Å². The molecule has 0 aliphatic heterocycles. The van der Waals surface area contributed by atoms with Crippen LogP contribution in [0.15, 0.2) is 0 Å². The predicted molar refractivity (Wildman–Crippen MR) is 20.6 cm³/mol. The Labute approximate surface area is 41.0 Å². The van der Waals surface area contributed by atoms with Gasteiger partial charge in [-0.2, -0.15) is 8.42 Å². The zero-order valence-electron chi connectivity index (χ0n) is 3.29. The van der Waals surface area contributed by atoms with Gasteiger partial charge >= 0.3 is 10.4 Å². The fraction of sp³-hybridized carbons (Fsp3) is 1.00. The molecule has 0 bridgehead atoms. The van der Waals surface area contributed by atoms with Crippen molar-refractivity contribution in [3.8, 4) is 0 Å². The average Bonchev–Trinajstić information content (AvgIpc) is 1.30. The summed E-state index contributed by atoms with van der Waals surface area (Å²) in [6, 6.07) is 0. The lowest BCUT2D eigenvalue weighted by atomic mass is 11.4. The Hall–Kier alpha value is -0.170. The molecular formula is CH4NO4S. The minimum atomic E-state index is -4.36. The summed E-state index contributed by atoms with van der Waals surface area (Å²) in [6.07, 6.45) is 0. The lowest BCUT2D eigenvalue weighted by molar-refractivity contribution is 0.272. The topological polar surface area (TPSA) is 87.4 Å². The Kier molecular flexibility index (Phi) is 2.16. The normalized spacial score (nSPS) is 11.7. The fourth-order valence-electron chi connectivity index (χ4n) is 0.0745. The van der Waals surface area contributed by atoms with Crippen LogP contribution in [0.1, 0.15) is 0 Å². The van der Waals surface area contributed by atoms with E-state index in [2.05, 4.69) is 4.18 Å². The largest absolute Gasteiger partial charge is 0.398 e. The lowest BCUT2D eigenvalue weighted by Gasteiger charge is -1.88. The summed E-state index contributed by atoms with van der Waals surface area (Å²) in [5.41, 5.74) is 6.10. The van der Waals surface area contributed by atoms with E-state index in [-0.39, 0.29) is 0 Å². The molecule has 0 aliphatic carbocycles. The van der Waals surface area contributed by atoms with Crippen molar-refractivity contribution in [2.24, 2.45) is 0 Å². The van der Waals surface area contributed by atoms with Crippen LogP contribution in [0.5, 0.6) is 0 Å². The van der Waals surface area contributed by atoms with Gasteiger partial charge in [0.1, 0.15) is 6.73 Å². The van der Waals surface area contributed by atoms with Crippen molar-refractivity contribution in [2.45, 2.75) is 0 Å². The predicted octanol–water partition coefficient (Wildman–Crippen LogP) is -0.954. The first-order chi connectivity index (χ1) is 3.06. The van der Waals surface area contributed by atoms with Gasteiger partial charge in [-0.3, -0.25) is 4.55 Å². The second kappa shape index (κ2) is 2.22. The van der Waals surface area contributed by atoms with Crippen LogP contribution in [0.25, 0.3) is 0 Å². The molecule has 0 amide bonds. The van der Waals surface area contributed by atoms with E-state index in [9.17, 15) is 8.42 Å². The van der Waals surface area contributed by atoms with E-state index in [0.717, 1.165) is 0 Å². The smallest absolute Gasteiger partial charge is 0.263 e. The first-order valence-electron chi connectivity index (χ1n) is 1.32. The standard InChI is InChI=1S/CH4NO4S/c2-1-6-7(3,4)5/h2H,1H2,(H,3,4,5). The molecule has 0 heterocycles. The zero-order chi connectivity index (χ0) is 5.91. The highest BCUT2D eigenvalue weighted by atomic mass is 32.3. The van der Waals surface area contributed by atoms with Gasteiger partial charge in [-0.05, 0) is 0 Å². The average molecular weight is 126 g/mol. The molecule has 7 heavy (non-hydrogen) atoms. The third kappa shape index (κ3) is 5.83. The summed E-state index contributed by atoms with van der Waals surface area (Å²) in [4.78, 5) is 0. The molecule has 1 radical (unpaired) electrons. The van der Waals surface area contributed by atoms with Gasteiger partial charge in [0.05, 0.1) is 0 Å². The molecule has 0 unspecified atom stereocenters. The molecule has 43 valence electrons. The third-order valence-corrected chi connectivity index (χ3v) is 0.624. The minimum Gasteiger partial charge on any atom is -0.263 e. The van der Waals surface area contributed by atoms with Gasteiger partial charge in [0.25, 0.3) is 0 Å². The molecule has 0 spiro atoms. The molecule has 0 fully saturated rings. The van der Waals surface area contributed by atoms with Gasteiger partial charge in [-0.15, -0.1) is 0 Å². The lowest BCUT2D eigenvalue weighted by Crippen LogP contribution is -2.04. The van der Waals surface area contributed by atoms with Crippen LogP contribution in [-0.2, 0) is 14.6 Å². The summed E-state index contributed by atoms with van der Waals surface area (Å²) in [7, 11) is -4.36. The van der Waals surface area contributed by atoms with Crippen molar-refractivity contribution >= 4 is 10.4 Å². The zero-order valence-corrected chi connectivity index (χ0v) is 4.10. The van der Waals surface area contributed by atoms with Crippen molar-refractivity contribution in [1.29, 1.82) is 0 Å². The first-order valence-corrected chi connectivity index (χ1v) is 2.69. The summed E-state index contributed by atoms with van der Waals surface area (Å²) in [5.74, 6) is 0. The molecule has 0 rings (SSSR count). The molecule has 2 N–H and O–H groups in total. The Morgan fingerprint density at radius 3 is 2.14 bits per heavy atom. The maximum atomic E-state index is 9.44. The van der Waals surface area contributed by atoms with Gasteiger partial charge in [0, 0.05) is 0 Å². The van der Waals surface area contributed by atoms with Gasteiger partial charge < -0.3 is 0 Å². The summed E-state index contributed by atoms with van der Waals surface area (Å²) >= 11 is 0. The second-order valence-corrected chi connectivity index (χ2v) is 1.78. The highest BCUT2D eigenvalue weighted by molar-refractivity contribution is 7.80. The maximum absolute atomic E-state index is 9.44. The molecule has 0 aromatic carbocycles. The van der Waals surface area contributed by atoms with E-state index < -0.39 is 17.1 Å². The van der Waals surface area contributed by atoms with Crippen LogP contribution in [0.2, 0.25) is 0 Å². The van der Waals surface area contributed by atoms with Crippen LogP contribution < -0.4 is 5.73 Å². The van der Waals surface area contributed by atoms with Crippen molar-refractivity contribution in [3.63, 3.8) is 0 Å². The van der Waals surface area contributed by atoms with Crippen LogP contribution in [0.3, 0.4) is 0 Å². The van der Waals surface area contributed by atoms with Crippen LogP contribution >= 0.6 is 0 Å². The van der Waals surface area contributed by atoms with E-state index in [0.29, 0.717) is 0 Å². The first kappa shape index (κ1) is 6.83. The molecule has 0 aromatic rings. The van der Waals surface area contributed by atoms with Crippen molar-refractivity contribution < 1.29 is 17.2 Å². The molecular weight excluding hydrogens is 122 g/mol. The molecule has 0 saturated carbocycles. The van der Waals surface area contributed by atoms with Crippen LogP contribution in [0.4, 0.5) is 0 Å². The third-order valence-electron chi connectivity index (χ3n) is 0.208. The number of hydrogen-bond donors (Lipinski definition) is 1. The summed E-state index contributed by atoms with van der Waals surface area (Å²) < 4.78 is 30.0. The van der Waals surface area contributed by atoms with Gasteiger partial charge in [0.2, 0.25) is 0 Å². The molecule has 0 aromatic heterocycles. The molecule has 0 saturated heterocycles. The number of nitrogens with one attached hydrogen (secondary N) is 1. The molecule has 5 nitrogen and oxygen atoms in total. The van der Waals surface area contributed by atoms with Crippen molar-refractivity contribution in [3.05, 3.63) is 0 Å². The van der Waals surface area contributed by atoms with Gasteiger partial charge in [0.15, 0.2) is 0 Å². The number of rotatable bonds is 2. The van der Waals surface area contributed by atoms with Crippen LogP contribution in [0, 0.1) is 0 Å². The van der Waals surface area contributed by atoms with E-state index in [1.807, 2.05) is 0 Å². The Morgan fingerprint density at radius 2 is 2.14 bits per heavy atom. The highest BCUT2D eigenvalue weighted by Crippen LogP contribution is 1.79. The summed E-state index contributed by atoms with van der Waals surface area (Å²) in [6.45, 7) is -0.779. The van der Waals surface area contributed by atoms with Crippen molar-refractivity contribution in [1.82, 2.24) is 5.73 Å². The SMILES string of the molecule is [NH]COS(=O)(=O)O. The number of hydrogen-bond acceptors (Lipinski definition) is 3. The Morgan fingerprint density at radius 1 is 1.71 bits per heavy atom. The fourth-order valence-corrected chi connectivity index (χ4v) is 0.223. The van der Waals surface area contributed by atoms with Crippen molar-refractivity contribution in [2.75, 3.05) is 6.73 Å². The van der Waals surface area contributed by atoms with E-state index in [1.165, 1.54) is 0 Å². The van der Waals surface area contributed by atoms with E-state index in [4.69, 9.17) is 10.3 Å². The maximum Gasteiger partial charge on any atom is 0.398 e. The minimum absolute atomic E-state index is 0.779. The summed E-state index contributed by atoms with van der Waals surface area (Å²) in [5, 5.41) is 0. The monoisotopic (exact) mass is 126 g/mol. The molecule has 6 heteroatoms. The molecule has 0 aliphatic rings. The van der Waals surface area contributed by atoms with Crippen LogP contribution in [-0.4, -0.2) is 19.7 Å². The van der Waals surface area contributed by atoms with Gasteiger partial charge in [-0.25, -0.2) is 9.92 Å². The molecule has 0 atom stereocenters. The van der Waals surface area contributed by atoms with E-state index in [1.54, 1.807) is 0 Å². The highest BCUT2D eigenvalue weighted by Gasteiger charge is 1.98. The Balaban J connectivity index is 3.60. The quantitative estimate of drug-likeness (QED) is 0.483. The van der Waals surface area contributed by atoms with Gasteiger partial charge in [-0.1, -0.05) is 0 Å². The Bertz CT molecular complexity index is 125. The second-order valence-electron chi connectivity index (χ2n) is 0.690.